The summed E-state index contributed by atoms with van der Waals surface area (Å²) in [5.74, 6) is -0.565. The van der Waals surface area contributed by atoms with Crippen LogP contribution in [0.3, 0.4) is 0 Å². The highest BCUT2D eigenvalue weighted by molar-refractivity contribution is 7.92. The van der Waals surface area contributed by atoms with Gasteiger partial charge >= 0.3 is 0 Å². The van der Waals surface area contributed by atoms with Gasteiger partial charge in [-0.05, 0) is 66.3 Å². The van der Waals surface area contributed by atoms with Crippen molar-refractivity contribution in [2.75, 3.05) is 23.7 Å². The maximum absolute atomic E-state index is 14.1. The second-order valence-electron chi connectivity index (χ2n) is 10.6. The number of sulfonamides is 1. The third-order valence-electron chi connectivity index (χ3n) is 6.40. The predicted octanol–water partition coefficient (Wildman–Crippen LogP) is 5.14. The predicted molar refractivity (Wildman–Crippen MR) is 162 cm³/mol. The van der Waals surface area contributed by atoms with Crippen LogP contribution < -0.4 is 9.62 Å². The van der Waals surface area contributed by atoms with Crippen molar-refractivity contribution >= 4 is 39.1 Å². The largest absolute Gasteiger partial charge is 0.354 e. The Labute approximate surface area is 243 Å². The van der Waals surface area contributed by atoms with Crippen LogP contribution in [0.1, 0.15) is 36.1 Å². The summed E-state index contributed by atoms with van der Waals surface area (Å²) < 4.78 is 27.0. The molecule has 0 saturated heterocycles. The van der Waals surface area contributed by atoms with Crippen molar-refractivity contribution in [1.29, 1.82) is 0 Å². The monoisotopic (exact) mass is 583 g/mol. The van der Waals surface area contributed by atoms with Crippen LogP contribution in [0.5, 0.6) is 0 Å². The fraction of sp³-hybridized carbons (Fsp3) is 0.355. The van der Waals surface area contributed by atoms with Gasteiger partial charge in [0.25, 0.3) is 0 Å². The van der Waals surface area contributed by atoms with Gasteiger partial charge in [0.2, 0.25) is 21.8 Å². The highest BCUT2D eigenvalue weighted by Gasteiger charge is 2.33. The van der Waals surface area contributed by atoms with E-state index < -0.39 is 28.5 Å². The SMILES string of the molecule is Cc1cc(C)cc(N(CC(=O)N(Cc2ccc(Cl)cc2)[C@H](Cc2ccccc2)C(=O)NCC(C)C)S(C)(=O)=O)c1. The number of halogens is 1. The zero-order valence-corrected chi connectivity index (χ0v) is 25.3. The maximum atomic E-state index is 14.1. The molecule has 3 rings (SSSR count). The number of amides is 2. The van der Waals surface area contributed by atoms with Gasteiger partial charge in [0.05, 0.1) is 11.9 Å². The smallest absolute Gasteiger partial charge is 0.244 e. The summed E-state index contributed by atoms with van der Waals surface area (Å²) in [6.07, 6.45) is 1.35. The molecule has 0 aliphatic heterocycles. The minimum absolute atomic E-state index is 0.104. The summed E-state index contributed by atoms with van der Waals surface area (Å²) in [6, 6.07) is 21.1. The van der Waals surface area contributed by atoms with E-state index in [2.05, 4.69) is 5.32 Å². The van der Waals surface area contributed by atoms with Crippen molar-refractivity contribution in [3.63, 3.8) is 0 Å². The van der Waals surface area contributed by atoms with Crippen LogP contribution in [0.4, 0.5) is 5.69 Å². The molecule has 0 aromatic heterocycles. The summed E-state index contributed by atoms with van der Waals surface area (Å²) >= 11 is 6.10. The number of hydrogen-bond acceptors (Lipinski definition) is 4. The van der Waals surface area contributed by atoms with Crippen LogP contribution in [0.2, 0.25) is 5.02 Å². The van der Waals surface area contributed by atoms with E-state index in [1.807, 2.05) is 64.1 Å². The van der Waals surface area contributed by atoms with E-state index in [0.29, 0.717) is 17.3 Å². The van der Waals surface area contributed by atoms with Gasteiger partial charge in [-0.2, -0.15) is 0 Å². The third kappa shape index (κ3) is 9.10. The number of nitrogens with one attached hydrogen (secondary N) is 1. The molecular weight excluding hydrogens is 546 g/mol. The molecule has 214 valence electrons. The lowest BCUT2D eigenvalue weighted by molar-refractivity contribution is -0.140. The second-order valence-corrected chi connectivity index (χ2v) is 13.0. The van der Waals surface area contributed by atoms with Crippen LogP contribution in [0.25, 0.3) is 0 Å². The first-order valence-corrected chi connectivity index (χ1v) is 15.5. The van der Waals surface area contributed by atoms with Crippen molar-refractivity contribution in [2.24, 2.45) is 5.92 Å². The third-order valence-corrected chi connectivity index (χ3v) is 7.79. The number of carbonyl (C=O) groups excluding carboxylic acids is 2. The van der Waals surface area contributed by atoms with Crippen LogP contribution >= 0.6 is 11.6 Å². The van der Waals surface area contributed by atoms with E-state index in [4.69, 9.17) is 11.6 Å². The molecule has 3 aromatic rings. The molecule has 0 bridgehead atoms. The fourth-order valence-corrected chi connectivity index (χ4v) is 5.43. The average Bonchev–Trinajstić information content (AvgIpc) is 2.88. The number of nitrogens with zero attached hydrogens (tertiary/aromatic N) is 2. The van der Waals surface area contributed by atoms with Gasteiger partial charge in [0.15, 0.2) is 0 Å². The van der Waals surface area contributed by atoms with Gasteiger partial charge < -0.3 is 10.2 Å². The Hall–Kier alpha value is -3.36. The standard InChI is InChI=1S/C31H38ClN3O4S/c1-22(2)19-33-31(37)29(18-25-9-7-6-8-10-25)34(20-26-11-13-27(32)14-12-26)30(36)21-35(40(5,38)39)28-16-23(3)15-24(4)17-28/h6-17,22,29H,18-21H2,1-5H3,(H,33,37)/t29-/m1/s1. The molecule has 0 aliphatic carbocycles. The van der Waals surface area contributed by atoms with Crippen LogP contribution in [-0.2, 0) is 32.6 Å². The van der Waals surface area contributed by atoms with Gasteiger partial charge in [0.1, 0.15) is 12.6 Å². The number of hydrogen-bond donors (Lipinski definition) is 1. The van der Waals surface area contributed by atoms with Crippen LogP contribution in [-0.4, -0.2) is 50.5 Å². The molecule has 1 atom stereocenters. The highest BCUT2D eigenvalue weighted by Crippen LogP contribution is 2.23. The first kappa shape index (κ1) is 31.2. The molecule has 3 aromatic carbocycles. The molecule has 0 unspecified atom stereocenters. The zero-order chi connectivity index (χ0) is 29.4. The number of anilines is 1. The number of carbonyl (C=O) groups is 2. The molecule has 2 amide bonds. The van der Waals surface area contributed by atoms with E-state index >= 15 is 0 Å². The number of aryl methyl sites for hydroxylation is 2. The van der Waals surface area contributed by atoms with E-state index in [1.54, 1.807) is 36.4 Å². The molecule has 40 heavy (non-hydrogen) atoms. The fourth-order valence-electron chi connectivity index (χ4n) is 4.47. The van der Waals surface area contributed by atoms with E-state index in [0.717, 1.165) is 32.8 Å². The van der Waals surface area contributed by atoms with Crippen molar-refractivity contribution in [1.82, 2.24) is 10.2 Å². The van der Waals surface area contributed by atoms with E-state index in [1.165, 1.54) is 4.90 Å². The topological polar surface area (TPSA) is 86.8 Å². The molecular formula is C31H38ClN3O4S. The summed E-state index contributed by atoms with van der Waals surface area (Å²) in [5.41, 5.74) is 3.82. The number of rotatable bonds is 12. The van der Waals surface area contributed by atoms with Gasteiger partial charge in [-0.15, -0.1) is 0 Å². The van der Waals surface area contributed by atoms with Crippen molar-refractivity contribution in [3.05, 3.63) is 100 Å². The molecule has 0 aliphatic rings. The Morgan fingerprint density at radius 1 is 0.900 bits per heavy atom. The van der Waals surface area contributed by atoms with E-state index in [9.17, 15) is 18.0 Å². The first-order valence-electron chi connectivity index (χ1n) is 13.2. The van der Waals surface area contributed by atoms with E-state index in [-0.39, 0.29) is 24.8 Å². The van der Waals surface area contributed by atoms with Crippen molar-refractivity contribution in [2.45, 2.75) is 46.7 Å². The van der Waals surface area contributed by atoms with Gasteiger partial charge in [0, 0.05) is 24.5 Å². The normalized spacial score (nSPS) is 12.2. The van der Waals surface area contributed by atoms with Crippen LogP contribution in [0, 0.1) is 19.8 Å². The Kier molecular flexibility index (Phi) is 10.8. The molecule has 9 heteroatoms. The first-order chi connectivity index (χ1) is 18.8. The number of benzene rings is 3. The lowest BCUT2D eigenvalue weighted by Gasteiger charge is -2.33. The summed E-state index contributed by atoms with van der Waals surface area (Å²) in [5, 5.41) is 3.53. The molecule has 0 saturated carbocycles. The molecule has 0 spiro atoms. The molecule has 7 nitrogen and oxygen atoms in total. The van der Waals surface area contributed by atoms with Crippen molar-refractivity contribution < 1.29 is 18.0 Å². The Balaban J connectivity index is 2.06. The van der Waals surface area contributed by atoms with Crippen LogP contribution in [0.15, 0.2) is 72.8 Å². The lowest BCUT2D eigenvalue weighted by Crippen LogP contribution is -2.53. The molecule has 0 radical (unpaired) electrons. The Morgan fingerprint density at radius 2 is 1.50 bits per heavy atom. The summed E-state index contributed by atoms with van der Waals surface area (Å²) in [4.78, 5) is 29.2. The highest BCUT2D eigenvalue weighted by atomic mass is 35.5. The Bertz CT molecular complexity index is 1390. The minimum Gasteiger partial charge on any atom is -0.354 e. The molecule has 0 heterocycles. The quantitative estimate of drug-likeness (QED) is 0.320. The minimum atomic E-state index is -3.82. The molecule has 1 N–H and O–H groups in total. The maximum Gasteiger partial charge on any atom is 0.244 e. The average molecular weight is 584 g/mol. The summed E-state index contributed by atoms with van der Waals surface area (Å²) in [7, 11) is -3.82. The van der Waals surface area contributed by atoms with Crippen molar-refractivity contribution in [3.8, 4) is 0 Å². The lowest BCUT2D eigenvalue weighted by atomic mass is 10.0. The van der Waals surface area contributed by atoms with Gasteiger partial charge in [-0.25, -0.2) is 8.42 Å². The summed E-state index contributed by atoms with van der Waals surface area (Å²) in [6.45, 7) is 7.85. The molecule has 0 fully saturated rings. The zero-order valence-electron chi connectivity index (χ0n) is 23.7. The van der Waals surface area contributed by atoms with Gasteiger partial charge in [-0.1, -0.05) is 74.0 Å². The second kappa shape index (κ2) is 13.8. The Morgan fingerprint density at radius 3 is 2.05 bits per heavy atom. The van der Waals surface area contributed by atoms with Gasteiger partial charge in [-0.3, -0.25) is 13.9 Å².